The van der Waals surface area contributed by atoms with E-state index in [1.54, 1.807) is 13.2 Å². The summed E-state index contributed by atoms with van der Waals surface area (Å²) < 4.78 is 19.4. The lowest BCUT2D eigenvalue weighted by Gasteiger charge is -2.27. The van der Waals surface area contributed by atoms with Gasteiger partial charge in [0.1, 0.15) is 23.5 Å². The minimum atomic E-state index is -1.16. The molecule has 3 rings (SSSR count). The number of hydrogen-bond donors (Lipinski definition) is 2. The Kier molecular flexibility index (Phi) is 4.20. The molecule has 0 aromatic carbocycles. The summed E-state index contributed by atoms with van der Waals surface area (Å²) in [5.74, 6) is -0.651. The predicted molar refractivity (Wildman–Crippen MR) is 79.6 cm³/mol. The highest BCUT2D eigenvalue weighted by molar-refractivity contribution is 5.96. The zero-order valence-corrected chi connectivity index (χ0v) is 12.6. The van der Waals surface area contributed by atoms with Gasteiger partial charge >= 0.3 is 0 Å². The number of aryl methyl sites for hydroxylation is 1. The van der Waals surface area contributed by atoms with Gasteiger partial charge in [-0.2, -0.15) is 15.0 Å². The van der Waals surface area contributed by atoms with Gasteiger partial charge in [-0.25, -0.2) is 9.37 Å². The van der Waals surface area contributed by atoms with Crippen LogP contribution in [0.15, 0.2) is 18.5 Å². The number of carbonyl (C=O) groups excluding carboxylic acids is 1. The van der Waals surface area contributed by atoms with Crippen LogP contribution in [0.1, 0.15) is 16.8 Å². The second-order valence-electron chi connectivity index (χ2n) is 5.33. The van der Waals surface area contributed by atoms with Crippen LogP contribution in [0.3, 0.4) is 0 Å². The molecular weight excluding hydrogens is 303 g/mol. The molecule has 3 N–H and O–H groups in total. The Labute approximate surface area is 131 Å². The molecule has 0 saturated carbocycles. The molecule has 1 aliphatic rings. The van der Waals surface area contributed by atoms with Crippen LogP contribution in [0, 0.1) is 0 Å². The molecule has 0 bridgehead atoms. The zero-order chi connectivity index (χ0) is 16.4. The summed E-state index contributed by atoms with van der Waals surface area (Å²) in [7, 11) is 1.68. The van der Waals surface area contributed by atoms with Gasteiger partial charge < -0.3 is 15.8 Å². The fraction of sp³-hybridized carbons (Fsp3) is 0.429. The highest BCUT2D eigenvalue weighted by atomic mass is 19.1. The second-order valence-corrected chi connectivity index (χ2v) is 5.33. The van der Waals surface area contributed by atoms with Gasteiger partial charge in [-0.1, -0.05) is 0 Å². The molecule has 1 aliphatic heterocycles. The van der Waals surface area contributed by atoms with Gasteiger partial charge in [0.2, 0.25) is 5.88 Å². The molecule has 2 aromatic heterocycles. The normalized spacial score (nSPS) is 21.1. The molecule has 3 heterocycles. The summed E-state index contributed by atoms with van der Waals surface area (Å²) in [6.07, 6.45) is 1.73. The molecule has 0 aliphatic carbocycles. The van der Waals surface area contributed by atoms with E-state index in [1.165, 1.54) is 17.1 Å². The molecule has 2 aromatic rings. The largest absolute Gasteiger partial charge is 0.471 e. The summed E-state index contributed by atoms with van der Waals surface area (Å²) in [4.78, 5) is 17.2. The van der Waals surface area contributed by atoms with Gasteiger partial charge in [0.15, 0.2) is 0 Å². The molecular formula is C14H17FN6O2. The number of pyridine rings is 1. The van der Waals surface area contributed by atoms with E-state index in [4.69, 9.17) is 10.5 Å². The SMILES string of the molecule is Cn1ncc(-c2cnc(O[C@@H]3CCNC[C@H]3F)c(C(N)=O)c2)n1. The quantitative estimate of drug-likeness (QED) is 0.824. The lowest BCUT2D eigenvalue weighted by molar-refractivity contribution is 0.0676. The van der Waals surface area contributed by atoms with Crippen LogP contribution in [0.2, 0.25) is 0 Å². The van der Waals surface area contributed by atoms with Gasteiger partial charge in [0, 0.05) is 25.4 Å². The van der Waals surface area contributed by atoms with Crippen molar-refractivity contribution in [3.8, 4) is 17.1 Å². The number of piperidine rings is 1. The minimum absolute atomic E-state index is 0.0414. The number of rotatable bonds is 4. The first-order valence-electron chi connectivity index (χ1n) is 7.22. The number of halogens is 1. The number of nitrogens with one attached hydrogen (secondary N) is 1. The van der Waals surface area contributed by atoms with E-state index in [2.05, 4.69) is 20.5 Å². The highest BCUT2D eigenvalue weighted by Crippen LogP contribution is 2.25. The molecule has 122 valence electrons. The summed E-state index contributed by atoms with van der Waals surface area (Å²) in [5.41, 5.74) is 6.64. The Hall–Kier alpha value is -2.55. The van der Waals surface area contributed by atoms with E-state index >= 15 is 0 Å². The predicted octanol–water partition coefficient (Wildman–Crippen LogP) is 0.0548. The fourth-order valence-corrected chi connectivity index (χ4v) is 2.41. The Bertz CT molecular complexity index is 719. The molecule has 0 spiro atoms. The molecule has 0 unspecified atom stereocenters. The van der Waals surface area contributed by atoms with Crippen molar-refractivity contribution in [3.63, 3.8) is 0 Å². The van der Waals surface area contributed by atoms with Gasteiger partial charge in [0.05, 0.1) is 6.20 Å². The first-order valence-corrected chi connectivity index (χ1v) is 7.22. The van der Waals surface area contributed by atoms with E-state index in [-0.39, 0.29) is 18.0 Å². The third-order valence-electron chi connectivity index (χ3n) is 3.62. The van der Waals surface area contributed by atoms with E-state index in [9.17, 15) is 9.18 Å². The topological polar surface area (TPSA) is 108 Å². The number of carbonyl (C=O) groups is 1. The average Bonchev–Trinajstić information content (AvgIpc) is 2.96. The van der Waals surface area contributed by atoms with E-state index < -0.39 is 18.2 Å². The van der Waals surface area contributed by atoms with Crippen LogP contribution in [0.4, 0.5) is 4.39 Å². The number of ether oxygens (including phenoxy) is 1. The zero-order valence-electron chi connectivity index (χ0n) is 12.6. The lowest BCUT2D eigenvalue weighted by atomic mass is 10.1. The third kappa shape index (κ3) is 3.29. The van der Waals surface area contributed by atoms with Crippen LogP contribution in [-0.4, -0.2) is 51.3 Å². The van der Waals surface area contributed by atoms with Crippen LogP contribution in [0.5, 0.6) is 5.88 Å². The Morgan fingerprint density at radius 2 is 2.35 bits per heavy atom. The van der Waals surface area contributed by atoms with Crippen LogP contribution in [0.25, 0.3) is 11.3 Å². The molecule has 23 heavy (non-hydrogen) atoms. The van der Waals surface area contributed by atoms with Gasteiger partial charge in [0.25, 0.3) is 5.91 Å². The first kappa shape index (κ1) is 15.3. The van der Waals surface area contributed by atoms with Gasteiger partial charge in [-0.15, -0.1) is 0 Å². The van der Waals surface area contributed by atoms with Gasteiger partial charge in [-0.3, -0.25) is 4.79 Å². The third-order valence-corrected chi connectivity index (χ3v) is 3.62. The van der Waals surface area contributed by atoms with Crippen molar-refractivity contribution in [1.29, 1.82) is 0 Å². The summed E-state index contributed by atoms with van der Waals surface area (Å²) >= 11 is 0. The Balaban J connectivity index is 1.89. The number of hydrogen-bond acceptors (Lipinski definition) is 6. The molecule has 9 heteroatoms. The smallest absolute Gasteiger partial charge is 0.254 e. The van der Waals surface area contributed by atoms with E-state index in [0.29, 0.717) is 24.2 Å². The summed E-state index contributed by atoms with van der Waals surface area (Å²) in [6.45, 7) is 0.864. The summed E-state index contributed by atoms with van der Waals surface area (Å²) in [5, 5.41) is 11.0. The maximum Gasteiger partial charge on any atom is 0.254 e. The van der Waals surface area contributed by atoms with Crippen molar-refractivity contribution >= 4 is 5.91 Å². The van der Waals surface area contributed by atoms with Crippen LogP contribution in [-0.2, 0) is 7.05 Å². The molecule has 2 atom stereocenters. The highest BCUT2D eigenvalue weighted by Gasteiger charge is 2.28. The van der Waals surface area contributed by atoms with Crippen molar-refractivity contribution in [3.05, 3.63) is 24.0 Å². The maximum atomic E-state index is 13.9. The monoisotopic (exact) mass is 320 g/mol. The number of aromatic nitrogens is 4. The van der Waals surface area contributed by atoms with Crippen molar-refractivity contribution in [2.45, 2.75) is 18.7 Å². The van der Waals surface area contributed by atoms with E-state index in [1.807, 2.05) is 0 Å². The number of alkyl halides is 1. The molecule has 1 fully saturated rings. The van der Waals surface area contributed by atoms with Crippen molar-refractivity contribution in [2.75, 3.05) is 13.1 Å². The number of amides is 1. The number of primary amides is 1. The number of nitrogens with zero attached hydrogens (tertiary/aromatic N) is 4. The van der Waals surface area contributed by atoms with Crippen LogP contribution < -0.4 is 15.8 Å². The second kappa shape index (κ2) is 6.29. The Morgan fingerprint density at radius 3 is 3.00 bits per heavy atom. The van der Waals surface area contributed by atoms with Crippen molar-refractivity contribution < 1.29 is 13.9 Å². The molecule has 1 amide bonds. The minimum Gasteiger partial charge on any atom is -0.471 e. The van der Waals surface area contributed by atoms with Crippen molar-refractivity contribution in [2.24, 2.45) is 12.8 Å². The Morgan fingerprint density at radius 1 is 1.52 bits per heavy atom. The standard InChI is InChI=1S/C14H17FN6O2/c1-21-19-7-11(20-21)8-4-9(13(16)22)14(18-5-8)23-12-2-3-17-6-10(12)15/h4-5,7,10,12,17H,2-3,6H2,1H3,(H2,16,22)/t10-,12-/m1/s1. The molecule has 1 saturated heterocycles. The molecule has 8 nitrogen and oxygen atoms in total. The first-order chi connectivity index (χ1) is 11.0. The average molecular weight is 320 g/mol. The fourth-order valence-electron chi connectivity index (χ4n) is 2.41. The lowest BCUT2D eigenvalue weighted by Crippen LogP contribution is -2.44. The summed E-state index contributed by atoms with van der Waals surface area (Å²) in [6, 6.07) is 1.53. The van der Waals surface area contributed by atoms with E-state index in [0.717, 1.165) is 0 Å². The molecule has 0 radical (unpaired) electrons. The number of nitrogens with two attached hydrogens (primary N) is 1. The van der Waals surface area contributed by atoms with Crippen molar-refractivity contribution in [1.82, 2.24) is 25.3 Å². The maximum absolute atomic E-state index is 13.9. The van der Waals surface area contributed by atoms with Crippen LogP contribution >= 0.6 is 0 Å². The van der Waals surface area contributed by atoms with Gasteiger partial charge in [-0.05, 0) is 19.0 Å².